The van der Waals surface area contributed by atoms with Gasteiger partial charge in [-0.15, -0.1) is 11.3 Å². The molecule has 2 N–H and O–H groups in total. The molecule has 1 atom stereocenters. The topological polar surface area (TPSA) is 38.9 Å². The molecule has 2 aliphatic carbocycles. The number of thiazole rings is 1. The van der Waals surface area contributed by atoms with Crippen LogP contribution < -0.4 is 5.73 Å². The van der Waals surface area contributed by atoms with Gasteiger partial charge in [0.15, 0.2) is 0 Å². The molecule has 4 rings (SSSR count). The number of fused-ring (bicyclic) bond motifs is 1. The lowest BCUT2D eigenvalue weighted by Gasteiger charge is -2.14. The van der Waals surface area contributed by atoms with Crippen molar-refractivity contribution in [2.24, 2.45) is 5.73 Å². The number of rotatable bonds is 3. The Hall–Kier alpha value is -1.19. The van der Waals surface area contributed by atoms with Crippen LogP contribution in [-0.4, -0.2) is 4.98 Å². The summed E-state index contributed by atoms with van der Waals surface area (Å²) in [5.74, 6) is 0.744. The lowest BCUT2D eigenvalue weighted by atomic mass is 9.98. The summed E-state index contributed by atoms with van der Waals surface area (Å²) in [6.07, 6.45) is 6.24. The molecule has 0 bridgehead atoms. The minimum Gasteiger partial charge on any atom is -0.318 e. The molecule has 19 heavy (non-hydrogen) atoms. The van der Waals surface area contributed by atoms with Crippen LogP contribution in [0.5, 0.6) is 0 Å². The van der Waals surface area contributed by atoms with E-state index in [1.54, 1.807) is 0 Å². The minimum absolute atomic E-state index is 0.0348. The molecule has 1 saturated carbocycles. The van der Waals surface area contributed by atoms with Gasteiger partial charge in [0, 0.05) is 4.88 Å². The summed E-state index contributed by atoms with van der Waals surface area (Å²) in [5, 5.41) is 1.11. The van der Waals surface area contributed by atoms with E-state index in [9.17, 15) is 0 Å². The molecule has 3 heteroatoms. The predicted molar refractivity (Wildman–Crippen MR) is 78.6 cm³/mol. The Morgan fingerprint density at radius 1 is 1.21 bits per heavy atom. The van der Waals surface area contributed by atoms with E-state index in [0.717, 1.165) is 17.3 Å². The number of hydrogen-bond donors (Lipinski definition) is 1. The van der Waals surface area contributed by atoms with Crippen molar-refractivity contribution in [3.8, 4) is 0 Å². The molecular formula is C16H18N2S. The second-order valence-electron chi connectivity index (χ2n) is 5.66. The number of benzene rings is 1. The van der Waals surface area contributed by atoms with Gasteiger partial charge in [-0.25, -0.2) is 4.98 Å². The predicted octanol–water partition coefficient (Wildman–Crippen LogP) is 3.56. The molecule has 2 nitrogen and oxygen atoms in total. The first kappa shape index (κ1) is 11.6. The smallest absolute Gasteiger partial charge is 0.114 e. The highest BCUT2D eigenvalue weighted by Gasteiger charge is 2.29. The van der Waals surface area contributed by atoms with Crippen LogP contribution in [0.25, 0.3) is 0 Å². The van der Waals surface area contributed by atoms with Gasteiger partial charge >= 0.3 is 0 Å². The van der Waals surface area contributed by atoms with Gasteiger partial charge in [0.1, 0.15) is 5.01 Å². The number of aryl methyl sites for hydroxylation is 2. The molecule has 1 heterocycles. The van der Waals surface area contributed by atoms with E-state index in [-0.39, 0.29) is 6.04 Å². The maximum absolute atomic E-state index is 6.49. The summed E-state index contributed by atoms with van der Waals surface area (Å²) in [6, 6.07) is 8.62. The van der Waals surface area contributed by atoms with Gasteiger partial charge in [-0.1, -0.05) is 24.3 Å². The second-order valence-corrected chi connectivity index (χ2v) is 6.77. The van der Waals surface area contributed by atoms with Gasteiger partial charge in [0.2, 0.25) is 0 Å². The van der Waals surface area contributed by atoms with Gasteiger partial charge in [0.25, 0.3) is 0 Å². The summed E-state index contributed by atoms with van der Waals surface area (Å²) in [7, 11) is 0. The number of hydrogen-bond acceptors (Lipinski definition) is 3. The third-order valence-corrected chi connectivity index (χ3v) is 5.47. The Bertz CT molecular complexity index is 591. The molecule has 0 radical (unpaired) electrons. The minimum atomic E-state index is -0.0348. The van der Waals surface area contributed by atoms with Gasteiger partial charge in [0.05, 0.1) is 11.7 Å². The fraction of sp³-hybridized carbons (Fsp3) is 0.438. The molecule has 0 amide bonds. The Balaban J connectivity index is 1.71. The summed E-state index contributed by atoms with van der Waals surface area (Å²) < 4.78 is 0. The maximum atomic E-state index is 6.49. The summed E-state index contributed by atoms with van der Waals surface area (Å²) >= 11 is 1.83. The SMILES string of the molecule is NC(c1nc2c(s1)CCC2)c1ccccc1C1CC1. The van der Waals surface area contributed by atoms with Crippen molar-refractivity contribution in [2.45, 2.75) is 44.1 Å². The molecule has 1 aromatic heterocycles. The Labute approximate surface area is 117 Å². The van der Waals surface area contributed by atoms with Crippen LogP contribution in [0.3, 0.4) is 0 Å². The van der Waals surface area contributed by atoms with Crippen molar-refractivity contribution in [2.75, 3.05) is 0 Å². The lowest BCUT2D eigenvalue weighted by Crippen LogP contribution is -2.13. The third-order valence-electron chi connectivity index (χ3n) is 4.23. The summed E-state index contributed by atoms with van der Waals surface area (Å²) in [5.41, 5.74) is 10.5. The molecule has 1 aromatic carbocycles. The molecule has 98 valence electrons. The fourth-order valence-electron chi connectivity index (χ4n) is 3.04. The Kier molecular flexibility index (Phi) is 2.71. The normalized spacial score (nSPS) is 19.4. The highest BCUT2D eigenvalue weighted by molar-refractivity contribution is 7.11. The van der Waals surface area contributed by atoms with Crippen molar-refractivity contribution in [3.05, 3.63) is 51.0 Å². The molecule has 0 spiro atoms. The largest absolute Gasteiger partial charge is 0.318 e. The van der Waals surface area contributed by atoms with E-state index in [4.69, 9.17) is 10.7 Å². The number of nitrogens with two attached hydrogens (primary N) is 1. The van der Waals surface area contributed by atoms with Crippen molar-refractivity contribution in [3.63, 3.8) is 0 Å². The van der Waals surface area contributed by atoms with Crippen LogP contribution in [0.15, 0.2) is 24.3 Å². The van der Waals surface area contributed by atoms with E-state index in [1.165, 1.54) is 47.4 Å². The maximum Gasteiger partial charge on any atom is 0.114 e. The van der Waals surface area contributed by atoms with Gasteiger partial charge in [-0.3, -0.25) is 0 Å². The third kappa shape index (κ3) is 2.01. The van der Waals surface area contributed by atoms with E-state index in [1.807, 2.05) is 11.3 Å². The fourth-order valence-corrected chi connectivity index (χ4v) is 4.21. The van der Waals surface area contributed by atoms with Crippen LogP contribution in [0, 0.1) is 0 Å². The van der Waals surface area contributed by atoms with Crippen molar-refractivity contribution in [1.29, 1.82) is 0 Å². The van der Waals surface area contributed by atoms with Crippen LogP contribution in [0.1, 0.15) is 57.9 Å². The van der Waals surface area contributed by atoms with Crippen LogP contribution in [0.2, 0.25) is 0 Å². The quantitative estimate of drug-likeness (QED) is 0.926. The molecule has 2 aliphatic rings. The summed E-state index contributed by atoms with van der Waals surface area (Å²) in [6.45, 7) is 0. The molecular weight excluding hydrogens is 252 g/mol. The van der Waals surface area contributed by atoms with E-state index >= 15 is 0 Å². The number of nitrogens with zero attached hydrogens (tertiary/aromatic N) is 1. The van der Waals surface area contributed by atoms with E-state index in [0.29, 0.717) is 0 Å². The highest BCUT2D eigenvalue weighted by Crippen LogP contribution is 2.44. The van der Waals surface area contributed by atoms with Gasteiger partial charge in [-0.05, 0) is 49.1 Å². The monoisotopic (exact) mass is 270 g/mol. The second kappa shape index (κ2) is 4.43. The van der Waals surface area contributed by atoms with Crippen LogP contribution in [0.4, 0.5) is 0 Å². The van der Waals surface area contributed by atoms with Crippen LogP contribution >= 0.6 is 11.3 Å². The van der Waals surface area contributed by atoms with Gasteiger partial charge in [-0.2, -0.15) is 0 Å². The zero-order chi connectivity index (χ0) is 12.8. The van der Waals surface area contributed by atoms with E-state index < -0.39 is 0 Å². The van der Waals surface area contributed by atoms with Crippen molar-refractivity contribution < 1.29 is 0 Å². The van der Waals surface area contributed by atoms with Crippen molar-refractivity contribution >= 4 is 11.3 Å². The zero-order valence-corrected chi connectivity index (χ0v) is 11.7. The average Bonchev–Trinajstić information content (AvgIpc) is 3.05. The average molecular weight is 270 g/mol. The molecule has 0 aliphatic heterocycles. The standard InChI is InChI=1S/C16H18N2S/c17-15(16-18-13-6-3-7-14(13)19-16)12-5-2-1-4-11(12)10-8-9-10/h1-2,4-5,10,15H,3,6-9,17H2. The first-order valence-corrected chi connectivity index (χ1v) is 7.97. The molecule has 0 saturated heterocycles. The Morgan fingerprint density at radius 3 is 2.84 bits per heavy atom. The highest BCUT2D eigenvalue weighted by atomic mass is 32.1. The Morgan fingerprint density at radius 2 is 2.05 bits per heavy atom. The summed E-state index contributed by atoms with van der Waals surface area (Å²) in [4.78, 5) is 6.25. The zero-order valence-electron chi connectivity index (χ0n) is 10.9. The molecule has 1 unspecified atom stereocenters. The lowest BCUT2D eigenvalue weighted by molar-refractivity contribution is 0.819. The van der Waals surface area contributed by atoms with Crippen LogP contribution in [-0.2, 0) is 12.8 Å². The van der Waals surface area contributed by atoms with Gasteiger partial charge < -0.3 is 5.73 Å². The van der Waals surface area contributed by atoms with Crippen molar-refractivity contribution in [1.82, 2.24) is 4.98 Å². The molecule has 1 fully saturated rings. The van der Waals surface area contributed by atoms with E-state index in [2.05, 4.69) is 24.3 Å². The molecule has 2 aromatic rings. The first-order chi connectivity index (χ1) is 9.33. The first-order valence-electron chi connectivity index (χ1n) is 7.16. The number of aromatic nitrogens is 1.